The van der Waals surface area contributed by atoms with Crippen molar-refractivity contribution in [3.63, 3.8) is 0 Å². The van der Waals surface area contributed by atoms with Crippen LogP contribution >= 0.6 is 0 Å². The molecule has 3 aromatic rings. The average Bonchev–Trinajstić information content (AvgIpc) is 2.88. The van der Waals surface area contributed by atoms with Crippen LogP contribution in [-0.2, 0) is 6.42 Å². The molecular formula is C17H18N2O2. The predicted octanol–water partition coefficient (Wildman–Crippen LogP) is 3.86. The van der Waals surface area contributed by atoms with Crippen molar-refractivity contribution in [3.8, 4) is 11.3 Å². The normalized spacial score (nSPS) is 11.1. The van der Waals surface area contributed by atoms with Crippen molar-refractivity contribution >= 4 is 10.8 Å². The molecule has 0 saturated carbocycles. The number of nitrogens with zero attached hydrogens (tertiary/aromatic N) is 2. The number of aromatic nitrogens is 2. The quantitative estimate of drug-likeness (QED) is 0.527. The van der Waals surface area contributed by atoms with E-state index in [0.29, 0.717) is 22.7 Å². The van der Waals surface area contributed by atoms with E-state index in [1.165, 1.54) is 5.39 Å². The maximum absolute atomic E-state index is 11.8. The van der Waals surface area contributed by atoms with Crippen LogP contribution in [0.15, 0.2) is 47.1 Å². The van der Waals surface area contributed by atoms with Crippen LogP contribution < -0.4 is 4.90 Å². The summed E-state index contributed by atoms with van der Waals surface area (Å²) in [7, 11) is 0. The number of hydrogen-bond acceptors (Lipinski definition) is 3. The van der Waals surface area contributed by atoms with Gasteiger partial charge in [0.2, 0.25) is 5.69 Å². The third-order valence-electron chi connectivity index (χ3n) is 3.74. The summed E-state index contributed by atoms with van der Waals surface area (Å²) in [6.07, 6.45) is 3.89. The molecule has 0 fully saturated rings. The highest BCUT2D eigenvalue weighted by Crippen LogP contribution is 2.25. The average molecular weight is 282 g/mol. The van der Waals surface area contributed by atoms with Crippen molar-refractivity contribution in [2.45, 2.75) is 32.6 Å². The van der Waals surface area contributed by atoms with Gasteiger partial charge in [-0.2, -0.15) is 0 Å². The van der Waals surface area contributed by atoms with E-state index >= 15 is 0 Å². The van der Waals surface area contributed by atoms with Gasteiger partial charge in [-0.25, -0.2) is 0 Å². The van der Waals surface area contributed by atoms with Crippen molar-refractivity contribution in [1.29, 1.82) is 0 Å². The van der Waals surface area contributed by atoms with Crippen LogP contribution in [0.4, 0.5) is 0 Å². The molecule has 0 spiro atoms. The lowest BCUT2D eigenvalue weighted by molar-refractivity contribution is -0.807. The van der Waals surface area contributed by atoms with Gasteiger partial charge in [0, 0.05) is 17.1 Å². The first kappa shape index (κ1) is 13.6. The molecule has 0 unspecified atom stereocenters. The van der Waals surface area contributed by atoms with Gasteiger partial charge in [-0.3, -0.25) is 4.63 Å². The second kappa shape index (κ2) is 5.95. The van der Waals surface area contributed by atoms with Crippen LogP contribution in [-0.4, -0.2) is 5.16 Å². The van der Waals surface area contributed by atoms with Crippen LogP contribution in [0.1, 0.15) is 31.9 Å². The van der Waals surface area contributed by atoms with Gasteiger partial charge in [0.05, 0.1) is 0 Å². The molecule has 2 aromatic carbocycles. The Morgan fingerprint density at radius 1 is 1.10 bits per heavy atom. The number of fused-ring (bicyclic) bond motifs is 1. The maximum Gasteiger partial charge on any atom is 0.251 e. The highest BCUT2D eigenvalue weighted by molar-refractivity contribution is 5.86. The molecule has 0 atom stereocenters. The molecule has 0 saturated heterocycles. The summed E-state index contributed by atoms with van der Waals surface area (Å²) in [5.41, 5.74) is 2.21. The minimum atomic E-state index is 0.542. The topological polar surface area (TPSA) is 53.0 Å². The summed E-state index contributed by atoms with van der Waals surface area (Å²) < 4.78 is 4.80. The molecule has 1 aromatic heterocycles. The van der Waals surface area contributed by atoms with Crippen LogP contribution in [0.25, 0.3) is 22.0 Å². The fourth-order valence-corrected chi connectivity index (χ4v) is 2.57. The number of hydrogen-bond donors (Lipinski definition) is 0. The Morgan fingerprint density at radius 2 is 1.90 bits per heavy atom. The molecule has 0 N–H and O–H groups in total. The van der Waals surface area contributed by atoms with Crippen LogP contribution in [0.5, 0.6) is 0 Å². The first-order valence-corrected chi connectivity index (χ1v) is 7.37. The van der Waals surface area contributed by atoms with Crippen molar-refractivity contribution in [1.82, 2.24) is 5.16 Å². The minimum absolute atomic E-state index is 0.542. The standard InChI is InChI=1S/C17H18N2O2/c1-2-3-4-9-16-17(18-21-19(16)20)15-11-10-13-7-5-6-8-14(13)12-15/h5-8,10-12H,2-4,9H2,1H3. The first-order chi connectivity index (χ1) is 10.3. The molecular weight excluding hydrogens is 264 g/mol. The summed E-state index contributed by atoms with van der Waals surface area (Å²) in [5, 5.41) is 18.0. The summed E-state index contributed by atoms with van der Waals surface area (Å²) in [6, 6.07) is 14.2. The molecule has 0 aliphatic rings. The van der Waals surface area contributed by atoms with E-state index in [2.05, 4.69) is 30.3 Å². The van der Waals surface area contributed by atoms with Crippen molar-refractivity contribution in [2.75, 3.05) is 0 Å². The lowest BCUT2D eigenvalue weighted by Crippen LogP contribution is -2.28. The van der Waals surface area contributed by atoms with Crippen molar-refractivity contribution < 1.29 is 9.53 Å². The van der Waals surface area contributed by atoms with E-state index in [0.717, 1.165) is 30.2 Å². The largest absolute Gasteiger partial charge is 0.359 e. The van der Waals surface area contributed by atoms with E-state index in [1.54, 1.807) is 0 Å². The van der Waals surface area contributed by atoms with Crippen LogP contribution in [0.3, 0.4) is 0 Å². The smallest absolute Gasteiger partial charge is 0.251 e. The van der Waals surface area contributed by atoms with E-state index in [9.17, 15) is 5.21 Å². The summed E-state index contributed by atoms with van der Waals surface area (Å²) in [6.45, 7) is 2.14. The Kier molecular flexibility index (Phi) is 3.86. The highest BCUT2D eigenvalue weighted by atomic mass is 16.8. The fraction of sp³-hybridized carbons (Fsp3) is 0.294. The minimum Gasteiger partial charge on any atom is -0.359 e. The predicted molar refractivity (Wildman–Crippen MR) is 81.6 cm³/mol. The zero-order chi connectivity index (χ0) is 14.7. The molecule has 21 heavy (non-hydrogen) atoms. The zero-order valence-electron chi connectivity index (χ0n) is 12.1. The van der Waals surface area contributed by atoms with E-state index in [4.69, 9.17) is 4.63 Å². The molecule has 0 amide bonds. The SMILES string of the molecule is CCCCCc1c(-c2ccc3ccccc3c2)no[n+]1[O-]. The molecule has 108 valence electrons. The van der Waals surface area contributed by atoms with E-state index in [-0.39, 0.29) is 0 Å². The lowest BCUT2D eigenvalue weighted by Gasteiger charge is -2.01. The summed E-state index contributed by atoms with van der Waals surface area (Å²) in [5.74, 6) is 0. The highest BCUT2D eigenvalue weighted by Gasteiger charge is 2.20. The van der Waals surface area contributed by atoms with E-state index in [1.807, 2.05) is 24.3 Å². The third-order valence-corrected chi connectivity index (χ3v) is 3.74. The van der Waals surface area contributed by atoms with E-state index < -0.39 is 0 Å². The van der Waals surface area contributed by atoms with Crippen LogP contribution in [0, 0.1) is 5.21 Å². The molecule has 0 radical (unpaired) electrons. The van der Waals surface area contributed by atoms with Crippen molar-refractivity contribution in [3.05, 3.63) is 53.4 Å². The maximum atomic E-state index is 11.8. The Balaban J connectivity index is 1.98. The summed E-state index contributed by atoms with van der Waals surface area (Å²) in [4.78, 5) is 0.542. The number of unbranched alkanes of at least 4 members (excludes halogenated alkanes) is 2. The van der Waals surface area contributed by atoms with Gasteiger partial charge in [-0.05, 0) is 34.2 Å². The Hall–Kier alpha value is -2.36. The van der Waals surface area contributed by atoms with Crippen molar-refractivity contribution in [2.24, 2.45) is 0 Å². The fourth-order valence-electron chi connectivity index (χ4n) is 2.57. The lowest BCUT2D eigenvalue weighted by atomic mass is 10.0. The van der Waals surface area contributed by atoms with Gasteiger partial charge in [0.25, 0.3) is 5.69 Å². The van der Waals surface area contributed by atoms with Gasteiger partial charge in [-0.15, -0.1) is 0 Å². The van der Waals surface area contributed by atoms with Gasteiger partial charge in [0.1, 0.15) is 0 Å². The molecule has 0 bridgehead atoms. The van der Waals surface area contributed by atoms with Gasteiger partial charge in [0.15, 0.2) is 0 Å². The third kappa shape index (κ3) is 2.75. The molecule has 3 rings (SSSR count). The molecule has 1 heterocycles. The van der Waals surface area contributed by atoms with Gasteiger partial charge >= 0.3 is 0 Å². The Bertz CT molecular complexity index is 749. The molecule has 4 heteroatoms. The number of benzene rings is 2. The monoisotopic (exact) mass is 282 g/mol. The Morgan fingerprint density at radius 3 is 2.71 bits per heavy atom. The second-order valence-corrected chi connectivity index (χ2v) is 5.24. The first-order valence-electron chi connectivity index (χ1n) is 7.37. The summed E-state index contributed by atoms with van der Waals surface area (Å²) >= 11 is 0. The molecule has 0 aliphatic carbocycles. The second-order valence-electron chi connectivity index (χ2n) is 5.24. The van der Waals surface area contributed by atoms with Crippen LogP contribution in [0.2, 0.25) is 0 Å². The molecule has 4 nitrogen and oxygen atoms in total. The van der Waals surface area contributed by atoms with Gasteiger partial charge < -0.3 is 5.21 Å². The van der Waals surface area contributed by atoms with Gasteiger partial charge in [-0.1, -0.05) is 50.1 Å². The Labute approximate surface area is 123 Å². The molecule has 0 aliphatic heterocycles. The zero-order valence-corrected chi connectivity index (χ0v) is 12.1. The number of rotatable bonds is 5.